The van der Waals surface area contributed by atoms with E-state index in [1.54, 1.807) is 0 Å². The van der Waals surface area contributed by atoms with Gasteiger partial charge >= 0.3 is 5.97 Å². The molecule has 0 aromatic heterocycles. The van der Waals surface area contributed by atoms with Crippen LogP contribution in [0.1, 0.15) is 96.8 Å². The van der Waals surface area contributed by atoms with Crippen LogP contribution in [0.4, 0.5) is 0 Å². The van der Waals surface area contributed by atoms with Crippen LogP contribution in [0.5, 0.6) is 0 Å². The monoisotopic (exact) mass is 310 g/mol. The molecule has 1 atom stereocenters. The van der Waals surface area contributed by atoms with Crippen molar-refractivity contribution < 1.29 is 15.0 Å². The molecule has 3 heteroatoms. The van der Waals surface area contributed by atoms with Crippen molar-refractivity contribution in [3.63, 3.8) is 0 Å². The lowest BCUT2D eigenvalue weighted by atomic mass is 10.1. The van der Waals surface area contributed by atoms with Crippen LogP contribution >= 0.6 is 0 Å². The molecule has 0 amide bonds. The number of hydrogen-bond acceptors (Lipinski definition) is 2. The minimum Gasteiger partial charge on any atom is -0.481 e. The lowest BCUT2D eigenvalue weighted by molar-refractivity contribution is -0.137. The molecule has 0 spiro atoms. The van der Waals surface area contributed by atoms with Gasteiger partial charge in [-0.15, -0.1) is 5.92 Å². The first-order chi connectivity index (χ1) is 10.7. The fourth-order valence-corrected chi connectivity index (χ4v) is 2.44. The fourth-order valence-electron chi connectivity index (χ4n) is 2.44. The molecule has 0 radical (unpaired) electrons. The Hall–Kier alpha value is -1.01. The van der Waals surface area contributed by atoms with Crippen LogP contribution in [0.15, 0.2) is 0 Å². The molecule has 2 N–H and O–H groups in total. The van der Waals surface area contributed by atoms with Crippen LogP contribution < -0.4 is 0 Å². The molecule has 0 saturated heterocycles. The van der Waals surface area contributed by atoms with E-state index < -0.39 is 12.1 Å². The summed E-state index contributed by atoms with van der Waals surface area (Å²) in [7, 11) is 0. The first kappa shape index (κ1) is 21.0. The Bertz CT molecular complexity index is 314. The smallest absolute Gasteiger partial charge is 0.303 e. The first-order valence-corrected chi connectivity index (χ1v) is 9.05. The molecule has 22 heavy (non-hydrogen) atoms. The average Bonchev–Trinajstić information content (AvgIpc) is 2.47. The molecule has 3 nitrogen and oxygen atoms in total. The topological polar surface area (TPSA) is 57.5 Å². The van der Waals surface area contributed by atoms with Gasteiger partial charge in [0.1, 0.15) is 6.10 Å². The summed E-state index contributed by atoms with van der Waals surface area (Å²) in [5, 5.41) is 18.0. The number of carbonyl (C=O) groups is 1. The van der Waals surface area contributed by atoms with Gasteiger partial charge in [-0.25, -0.2) is 0 Å². The quantitative estimate of drug-likeness (QED) is 0.354. The van der Waals surface area contributed by atoms with Crippen molar-refractivity contribution in [3.05, 3.63) is 0 Å². The highest BCUT2D eigenvalue weighted by atomic mass is 16.4. The standard InChI is InChI=1S/C19H34O3/c1-2-15-18(20)16-13-11-9-7-5-3-4-6-8-10-12-14-17-19(21)22/h18,20H,2-12,14-15,17H2,1H3,(H,21,22)/t18-/m0/s1. The first-order valence-electron chi connectivity index (χ1n) is 9.05. The molecule has 0 aromatic rings. The van der Waals surface area contributed by atoms with Crippen molar-refractivity contribution in [1.82, 2.24) is 0 Å². The van der Waals surface area contributed by atoms with Gasteiger partial charge in [0.25, 0.3) is 0 Å². The van der Waals surface area contributed by atoms with Crippen molar-refractivity contribution in [3.8, 4) is 11.8 Å². The maximum absolute atomic E-state index is 10.3. The Kier molecular flexibility index (Phi) is 15.6. The molecule has 0 saturated carbocycles. The van der Waals surface area contributed by atoms with Crippen LogP contribution in [0.3, 0.4) is 0 Å². The minimum absolute atomic E-state index is 0.318. The SMILES string of the molecule is CCC[C@H](O)C#CCCCCCCCCCCCCC(=O)O. The number of aliphatic carboxylic acids is 1. The van der Waals surface area contributed by atoms with E-state index in [1.807, 2.05) is 0 Å². The zero-order valence-corrected chi connectivity index (χ0v) is 14.3. The number of carboxylic acid groups (broad SMARTS) is 1. The molecule has 0 aliphatic rings. The molecule has 0 aliphatic carbocycles. The van der Waals surface area contributed by atoms with Gasteiger partial charge in [0.05, 0.1) is 0 Å². The van der Waals surface area contributed by atoms with E-state index in [4.69, 9.17) is 5.11 Å². The minimum atomic E-state index is -0.676. The maximum Gasteiger partial charge on any atom is 0.303 e. The van der Waals surface area contributed by atoms with Gasteiger partial charge in [0.2, 0.25) is 0 Å². The number of rotatable bonds is 14. The Balaban J connectivity index is 3.16. The molecule has 0 heterocycles. The summed E-state index contributed by atoms with van der Waals surface area (Å²) in [6.07, 6.45) is 14.3. The Labute approximate surface area is 136 Å². The number of aliphatic hydroxyl groups excluding tert-OH is 1. The van der Waals surface area contributed by atoms with Crippen molar-refractivity contribution >= 4 is 5.97 Å². The highest BCUT2D eigenvalue weighted by Gasteiger charge is 1.97. The number of hydrogen-bond donors (Lipinski definition) is 2. The molecule has 0 bridgehead atoms. The number of unbranched alkanes of at least 4 members (excludes halogenated alkanes) is 10. The van der Waals surface area contributed by atoms with Crippen LogP contribution in [-0.4, -0.2) is 22.3 Å². The van der Waals surface area contributed by atoms with E-state index in [2.05, 4.69) is 18.8 Å². The highest BCUT2D eigenvalue weighted by molar-refractivity contribution is 5.66. The van der Waals surface area contributed by atoms with Crippen molar-refractivity contribution in [2.75, 3.05) is 0 Å². The van der Waals surface area contributed by atoms with Gasteiger partial charge < -0.3 is 10.2 Å². The zero-order valence-electron chi connectivity index (χ0n) is 14.3. The predicted molar refractivity (Wildman–Crippen MR) is 91.7 cm³/mol. The van der Waals surface area contributed by atoms with Gasteiger partial charge in [-0.3, -0.25) is 4.79 Å². The molecular weight excluding hydrogens is 276 g/mol. The second kappa shape index (κ2) is 16.4. The summed E-state index contributed by atoms with van der Waals surface area (Å²) in [6, 6.07) is 0. The van der Waals surface area contributed by atoms with E-state index in [0.717, 1.165) is 38.5 Å². The molecular formula is C19H34O3. The summed E-state index contributed by atoms with van der Waals surface area (Å²) in [4.78, 5) is 10.3. The van der Waals surface area contributed by atoms with Crippen molar-refractivity contribution in [2.24, 2.45) is 0 Å². The Morgan fingerprint density at radius 3 is 1.91 bits per heavy atom. The third kappa shape index (κ3) is 17.0. The largest absolute Gasteiger partial charge is 0.481 e. The van der Waals surface area contributed by atoms with E-state index in [9.17, 15) is 9.90 Å². The zero-order chi connectivity index (χ0) is 16.5. The average molecular weight is 310 g/mol. The summed E-state index contributed by atoms with van der Waals surface area (Å²) >= 11 is 0. The molecule has 0 fully saturated rings. The highest BCUT2D eigenvalue weighted by Crippen LogP contribution is 2.11. The van der Waals surface area contributed by atoms with E-state index in [0.29, 0.717) is 6.42 Å². The summed E-state index contributed by atoms with van der Waals surface area (Å²) < 4.78 is 0. The third-order valence-electron chi connectivity index (χ3n) is 3.77. The van der Waals surface area contributed by atoms with Crippen LogP contribution in [0.2, 0.25) is 0 Å². The Morgan fingerprint density at radius 1 is 0.909 bits per heavy atom. The van der Waals surface area contributed by atoms with Crippen molar-refractivity contribution in [2.45, 2.75) is 103 Å². The van der Waals surface area contributed by atoms with Crippen molar-refractivity contribution in [1.29, 1.82) is 0 Å². The molecule has 0 aromatic carbocycles. The fraction of sp³-hybridized carbons (Fsp3) is 0.842. The third-order valence-corrected chi connectivity index (χ3v) is 3.77. The number of carboxylic acids is 1. The lowest BCUT2D eigenvalue weighted by Gasteiger charge is -2.01. The summed E-state index contributed by atoms with van der Waals surface area (Å²) in [6.45, 7) is 2.06. The van der Waals surface area contributed by atoms with E-state index in [1.165, 1.54) is 44.9 Å². The maximum atomic E-state index is 10.3. The number of aliphatic hydroxyl groups is 1. The molecule has 0 aliphatic heterocycles. The van der Waals surface area contributed by atoms with Gasteiger partial charge in [-0.05, 0) is 19.3 Å². The van der Waals surface area contributed by atoms with E-state index in [-0.39, 0.29) is 0 Å². The van der Waals surface area contributed by atoms with Crippen LogP contribution in [0.25, 0.3) is 0 Å². The molecule has 0 unspecified atom stereocenters. The predicted octanol–water partition coefficient (Wildman–Crippen LogP) is 4.92. The van der Waals surface area contributed by atoms with Crippen LogP contribution in [-0.2, 0) is 4.79 Å². The normalized spacial score (nSPS) is 11.7. The second-order valence-electron chi connectivity index (χ2n) is 6.05. The van der Waals surface area contributed by atoms with Gasteiger partial charge in [-0.2, -0.15) is 0 Å². The van der Waals surface area contributed by atoms with Gasteiger partial charge in [0.15, 0.2) is 0 Å². The summed E-state index contributed by atoms with van der Waals surface area (Å²) in [5.41, 5.74) is 0. The van der Waals surface area contributed by atoms with Gasteiger partial charge in [-0.1, -0.05) is 70.6 Å². The molecule has 0 rings (SSSR count). The second-order valence-corrected chi connectivity index (χ2v) is 6.05. The lowest BCUT2D eigenvalue weighted by Crippen LogP contribution is -2.00. The van der Waals surface area contributed by atoms with E-state index >= 15 is 0 Å². The molecule has 128 valence electrons. The van der Waals surface area contributed by atoms with Gasteiger partial charge in [0, 0.05) is 12.8 Å². The summed E-state index contributed by atoms with van der Waals surface area (Å²) in [5.74, 6) is 5.29. The Morgan fingerprint density at radius 2 is 1.41 bits per heavy atom. The van der Waals surface area contributed by atoms with Crippen LogP contribution in [0, 0.1) is 11.8 Å².